The highest BCUT2D eigenvalue weighted by molar-refractivity contribution is 5.85. The molecule has 1 aliphatic heterocycles. The number of likely N-dealkylation sites (tertiary alicyclic amines) is 1. The Morgan fingerprint density at radius 2 is 2.30 bits per heavy atom. The standard InChI is InChI=1S/C15H22N2O2.ClH/c1-16-11-13-6-4-8-17(13)15(18)10-12-5-3-7-14(9-12)19-2;/h3,5,7,9,13,16H,4,6,8,10-11H2,1-2H3;1H. The van der Waals surface area contributed by atoms with E-state index < -0.39 is 0 Å². The summed E-state index contributed by atoms with van der Waals surface area (Å²) < 4.78 is 5.19. The first-order valence-electron chi connectivity index (χ1n) is 6.81. The van der Waals surface area contributed by atoms with Crippen molar-refractivity contribution in [3.05, 3.63) is 29.8 Å². The van der Waals surface area contributed by atoms with Crippen LogP contribution in [0.4, 0.5) is 0 Å². The van der Waals surface area contributed by atoms with E-state index in [9.17, 15) is 4.79 Å². The molecular formula is C15H23ClN2O2. The predicted octanol–water partition coefficient (Wildman–Crippen LogP) is 1.87. The molecule has 0 bridgehead atoms. The number of likely N-dealkylation sites (N-methyl/N-ethyl adjacent to an activating group) is 1. The SMILES string of the molecule is CNCC1CCCN1C(=O)Cc1cccc(OC)c1.Cl. The second-order valence-electron chi connectivity index (χ2n) is 4.97. The van der Waals surface area contributed by atoms with Crippen LogP contribution in [0.5, 0.6) is 5.75 Å². The van der Waals surface area contributed by atoms with Crippen LogP contribution in [-0.4, -0.2) is 44.1 Å². The monoisotopic (exact) mass is 298 g/mol. The molecule has 0 spiro atoms. The number of benzene rings is 1. The molecule has 1 unspecified atom stereocenters. The maximum atomic E-state index is 12.4. The van der Waals surface area contributed by atoms with Gasteiger partial charge < -0.3 is 15.0 Å². The molecule has 1 heterocycles. The summed E-state index contributed by atoms with van der Waals surface area (Å²) in [6.07, 6.45) is 2.66. The first-order valence-corrected chi connectivity index (χ1v) is 6.81. The summed E-state index contributed by atoms with van der Waals surface area (Å²) >= 11 is 0. The van der Waals surface area contributed by atoms with Crippen molar-refractivity contribution in [3.8, 4) is 5.75 Å². The van der Waals surface area contributed by atoms with Crippen molar-refractivity contribution in [2.45, 2.75) is 25.3 Å². The lowest BCUT2D eigenvalue weighted by atomic mass is 10.1. The number of carbonyl (C=O) groups is 1. The van der Waals surface area contributed by atoms with Gasteiger partial charge in [-0.05, 0) is 37.6 Å². The third-order valence-electron chi connectivity index (χ3n) is 3.63. The fourth-order valence-corrected chi connectivity index (χ4v) is 2.67. The highest BCUT2D eigenvalue weighted by atomic mass is 35.5. The average molecular weight is 299 g/mol. The van der Waals surface area contributed by atoms with Gasteiger partial charge in [0.15, 0.2) is 0 Å². The second kappa shape index (κ2) is 8.12. The molecule has 0 aliphatic carbocycles. The molecule has 2 rings (SSSR count). The highest BCUT2D eigenvalue weighted by Gasteiger charge is 2.27. The van der Waals surface area contributed by atoms with Gasteiger partial charge >= 0.3 is 0 Å². The van der Waals surface area contributed by atoms with Gasteiger partial charge in [-0.25, -0.2) is 0 Å². The number of ether oxygens (including phenoxy) is 1. The average Bonchev–Trinajstić information content (AvgIpc) is 2.88. The molecule has 1 amide bonds. The van der Waals surface area contributed by atoms with Crippen LogP contribution in [0, 0.1) is 0 Å². The Hall–Kier alpha value is -1.26. The topological polar surface area (TPSA) is 41.6 Å². The molecule has 5 heteroatoms. The first kappa shape index (κ1) is 16.8. The first-order chi connectivity index (χ1) is 9.24. The molecule has 20 heavy (non-hydrogen) atoms. The molecule has 1 atom stereocenters. The van der Waals surface area contributed by atoms with E-state index in [2.05, 4.69) is 5.32 Å². The smallest absolute Gasteiger partial charge is 0.227 e. The van der Waals surface area contributed by atoms with Gasteiger partial charge in [0.2, 0.25) is 5.91 Å². The molecule has 0 saturated carbocycles. The van der Waals surface area contributed by atoms with Crippen molar-refractivity contribution in [1.82, 2.24) is 10.2 Å². The van der Waals surface area contributed by atoms with E-state index in [-0.39, 0.29) is 18.3 Å². The van der Waals surface area contributed by atoms with Gasteiger partial charge in [0, 0.05) is 19.1 Å². The number of carbonyl (C=O) groups excluding carboxylic acids is 1. The molecule has 1 saturated heterocycles. The van der Waals surface area contributed by atoms with Gasteiger partial charge in [-0.3, -0.25) is 4.79 Å². The van der Waals surface area contributed by atoms with Gasteiger partial charge in [0.1, 0.15) is 5.75 Å². The summed E-state index contributed by atoms with van der Waals surface area (Å²) in [7, 11) is 3.58. The number of nitrogens with zero attached hydrogens (tertiary/aromatic N) is 1. The fraction of sp³-hybridized carbons (Fsp3) is 0.533. The molecular weight excluding hydrogens is 276 g/mol. The molecule has 1 aromatic carbocycles. The number of hydrogen-bond donors (Lipinski definition) is 1. The maximum Gasteiger partial charge on any atom is 0.227 e. The number of rotatable bonds is 5. The number of nitrogens with one attached hydrogen (secondary N) is 1. The van der Waals surface area contributed by atoms with Crippen LogP contribution in [0.1, 0.15) is 18.4 Å². The van der Waals surface area contributed by atoms with Gasteiger partial charge in [-0.15, -0.1) is 12.4 Å². The number of hydrogen-bond acceptors (Lipinski definition) is 3. The van der Waals surface area contributed by atoms with Gasteiger partial charge in [0.05, 0.1) is 13.5 Å². The maximum absolute atomic E-state index is 12.4. The van der Waals surface area contributed by atoms with E-state index in [1.54, 1.807) is 7.11 Å². The van der Waals surface area contributed by atoms with E-state index in [0.29, 0.717) is 12.5 Å². The number of amides is 1. The fourth-order valence-electron chi connectivity index (χ4n) is 2.67. The number of halogens is 1. The van der Waals surface area contributed by atoms with Gasteiger partial charge in [-0.2, -0.15) is 0 Å². The second-order valence-corrected chi connectivity index (χ2v) is 4.97. The Morgan fingerprint density at radius 1 is 1.50 bits per heavy atom. The number of methoxy groups -OCH3 is 1. The van der Waals surface area contributed by atoms with E-state index in [4.69, 9.17) is 4.74 Å². The van der Waals surface area contributed by atoms with Crippen LogP contribution >= 0.6 is 12.4 Å². The minimum absolute atomic E-state index is 0. The molecule has 0 aromatic heterocycles. The van der Waals surface area contributed by atoms with E-state index in [1.807, 2.05) is 36.2 Å². The van der Waals surface area contributed by atoms with E-state index in [0.717, 1.165) is 37.2 Å². The van der Waals surface area contributed by atoms with Crippen molar-refractivity contribution < 1.29 is 9.53 Å². The summed E-state index contributed by atoms with van der Waals surface area (Å²) in [4.78, 5) is 14.4. The van der Waals surface area contributed by atoms with Crippen LogP contribution in [-0.2, 0) is 11.2 Å². The quantitative estimate of drug-likeness (QED) is 0.902. The molecule has 1 aliphatic rings. The Morgan fingerprint density at radius 3 is 3.00 bits per heavy atom. The van der Waals surface area contributed by atoms with Crippen molar-refractivity contribution in [2.24, 2.45) is 0 Å². The zero-order valence-electron chi connectivity index (χ0n) is 12.1. The molecule has 4 nitrogen and oxygen atoms in total. The summed E-state index contributed by atoms with van der Waals surface area (Å²) in [5, 5.41) is 3.16. The van der Waals surface area contributed by atoms with Crippen LogP contribution in [0.25, 0.3) is 0 Å². The van der Waals surface area contributed by atoms with Crippen molar-refractivity contribution in [1.29, 1.82) is 0 Å². The minimum atomic E-state index is 0. The summed E-state index contributed by atoms with van der Waals surface area (Å²) in [6.45, 7) is 1.76. The summed E-state index contributed by atoms with van der Waals surface area (Å²) in [5.41, 5.74) is 1.01. The van der Waals surface area contributed by atoms with Crippen molar-refractivity contribution in [2.75, 3.05) is 27.2 Å². The Bertz CT molecular complexity index is 440. The van der Waals surface area contributed by atoms with Crippen molar-refractivity contribution >= 4 is 18.3 Å². The Balaban J connectivity index is 0.00000200. The lowest BCUT2D eigenvalue weighted by Gasteiger charge is -2.24. The van der Waals surface area contributed by atoms with Crippen molar-refractivity contribution in [3.63, 3.8) is 0 Å². The zero-order chi connectivity index (χ0) is 13.7. The van der Waals surface area contributed by atoms with E-state index >= 15 is 0 Å². The lowest BCUT2D eigenvalue weighted by molar-refractivity contribution is -0.131. The normalized spacial score (nSPS) is 17.7. The van der Waals surface area contributed by atoms with Crippen LogP contribution in [0.3, 0.4) is 0 Å². The molecule has 1 aromatic rings. The minimum Gasteiger partial charge on any atom is -0.497 e. The predicted molar refractivity (Wildman–Crippen MR) is 82.6 cm³/mol. The highest BCUT2D eigenvalue weighted by Crippen LogP contribution is 2.19. The Kier molecular flexibility index (Phi) is 6.82. The van der Waals surface area contributed by atoms with E-state index in [1.165, 1.54) is 0 Å². The summed E-state index contributed by atoms with van der Waals surface area (Å²) in [5.74, 6) is 1.02. The molecule has 1 fully saturated rings. The van der Waals surface area contributed by atoms with Crippen LogP contribution in [0.2, 0.25) is 0 Å². The third-order valence-corrected chi connectivity index (χ3v) is 3.63. The van der Waals surface area contributed by atoms with Crippen LogP contribution < -0.4 is 10.1 Å². The zero-order valence-corrected chi connectivity index (χ0v) is 12.9. The largest absolute Gasteiger partial charge is 0.497 e. The molecule has 1 N–H and O–H groups in total. The van der Waals surface area contributed by atoms with Gasteiger partial charge in [0.25, 0.3) is 0 Å². The molecule has 112 valence electrons. The van der Waals surface area contributed by atoms with Gasteiger partial charge in [-0.1, -0.05) is 12.1 Å². The van der Waals surface area contributed by atoms with Crippen LogP contribution in [0.15, 0.2) is 24.3 Å². The lowest BCUT2D eigenvalue weighted by Crippen LogP contribution is -2.41. The molecule has 0 radical (unpaired) electrons. The summed E-state index contributed by atoms with van der Waals surface area (Å²) in [6, 6.07) is 8.08. The third kappa shape index (κ3) is 4.12. The Labute approximate surface area is 126 Å².